The first-order chi connectivity index (χ1) is 14.1. The first-order valence-corrected chi connectivity index (χ1v) is 9.33. The molecule has 2 heterocycles. The van der Waals surface area contributed by atoms with Gasteiger partial charge in [-0.15, -0.1) is 0 Å². The number of halogens is 2. The molecule has 4 aromatic rings. The number of alkyl halides is 2. The first-order valence-electron chi connectivity index (χ1n) is 9.33. The van der Waals surface area contributed by atoms with Gasteiger partial charge in [0.05, 0.1) is 18.3 Å². The number of benzene rings is 2. The predicted molar refractivity (Wildman–Crippen MR) is 108 cm³/mol. The lowest BCUT2D eigenvalue weighted by molar-refractivity contribution is 0.122. The molecule has 0 saturated heterocycles. The van der Waals surface area contributed by atoms with E-state index in [0.717, 1.165) is 34.2 Å². The van der Waals surface area contributed by atoms with E-state index >= 15 is 0 Å². The van der Waals surface area contributed by atoms with Crippen molar-refractivity contribution < 1.29 is 13.5 Å². The van der Waals surface area contributed by atoms with Crippen molar-refractivity contribution in [3.8, 4) is 28.3 Å². The molecule has 148 valence electrons. The van der Waals surface area contributed by atoms with Crippen LogP contribution >= 0.6 is 0 Å². The third kappa shape index (κ3) is 3.68. The van der Waals surface area contributed by atoms with Crippen molar-refractivity contribution in [2.75, 3.05) is 7.11 Å². The quantitative estimate of drug-likeness (QED) is 0.462. The third-order valence-corrected chi connectivity index (χ3v) is 4.81. The van der Waals surface area contributed by atoms with Gasteiger partial charge in [-0.25, -0.2) is 18.7 Å². The van der Waals surface area contributed by atoms with Crippen LogP contribution in [0.25, 0.3) is 33.4 Å². The molecule has 0 aliphatic heterocycles. The summed E-state index contributed by atoms with van der Waals surface area (Å²) < 4.78 is 32.8. The fourth-order valence-corrected chi connectivity index (χ4v) is 3.45. The Morgan fingerprint density at radius 2 is 1.86 bits per heavy atom. The van der Waals surface area contributed by atoms with E-state index in [0.29, 0.717) is 17.0 Å². The number of aromatic nitrogens is 4. The minimum absolute atomic E-state index is 0.475. The molecule has 0 saturated carbocycles. The van der Waals surface area contributed by atoms with Crippen LogP contribution in [0.1, 0.15) is 12.5 Å². The van der Waals surface area contributed by atoms with E-state index in [9.17, 15) is 8.78 Å². The molecule has 0 spiro atoms. The topological polar surface area (TPSA) is 52.8 Å². The highest BCUT2D eigenvalue weighted by molar-refractivity contribution is 5.96. The minimum atomic E-state index is -2.50. The summed E-state index contributed by atoms with van der Waals surface area (Å²) in [5, 5.41) is 5.26. The molecule has 0 aliphatic carbocycles. The SMILES string of the molecule is CCc1cc2c(-c3cn(CC(F)F)nc3-c3ccccc3)ncnc2cc1OC. The summed E-state index contributed by atoms with van der Waals surface area (Å²) >= 11 is 0. The Bertz CT molecular complexity index is 1140. The highest BCUT2D eigenvalue weighted by Crippen LogP contribution is 2.35. The van der Waals surface area contributed by atoms with Crippen molar-refractivity contribution in [3.05, 3.63) is 60.6 Å². The molecule has 4 rings (SSSR count). The number of methoxy groups -OCH3 is 1. The van der Waals surface area contributed by atoms with Gasteiger partial charge in [0.15, 0.2) is 0 Å². The zero-order valence-corrected chi connectivity index (χ0v) is 16.1. The van der Waals surface area contributed by atoms with Crippen LogP contribution in [0.2, 0.25) is 0 Å². The Hall–Kier alpha value is -3.35. The average molecular weight is 394 g/mol. The lowest BCUT2D eigenvalue weighted by Gasteiger charge is -2.11. The zero-order valence-electron chi connectivity index (χ0n) is 16.1. The molecule has 0 N–H and O–H groups in total. The molecule has 29 heavy (non-hydrogen) atoms. The largest absolute Gasteiger partial charge is 0.496 e. The van der Waals surface area contributed by atoms with Crippen molar-refractivity contribution in [1.82, 2.24) is 19.7 Å². The van der Waals surface area contributed by atoms with Gasteiger partial charge < -0.3 is 4.74 Å². The van der Waals surface area contributed by atoms with E-state index in [1.54, 1.807) is 13.3 Å². The van der Waals surface area contributed by atoms with Gasteiger partial charge in [-0.05, 0) is 18.1 Å². The molecule has 0 unspecified atom stereocenters. The van der Waals surface area contributed by atoms with E-state index in [4.69, 9.17) is 4.74 Å². The molecule has 2 aromatic heterocycles. The lowest BCUT2D eigenvalue weighted by Crippen LogP contribution is -2.06. The summed E-state index contributed by atoms with van der Waals surface area (Å²) in [7, 11) is 1.63. The average Bonchev–Trinajstić information content (AvgIpc) is 3.15. The van der Waals surface area contributed by atoms with Gasteiger partial charge in [-0.1, -0.05) is 37.3 Å². The minimum Gasteiger partial charge on any atom is -0.496 e. The number of nitrogens with zero attached hydrogens (tertiary/aromatic N) is 4. The highest BCUT2D eigenvalue weighted by atomic mass is 19.3. The summed E-state index contributed by atoms with van der Waals surface area (Å²) in [6, 6.07) is 13.4. The molecule has 0 amide bonds. The molecule has 7 heteroatoms. The van der Waals surface area contributed by atoms with E-state index in [2.05, 4.69) is 15.1 Å². The van der Waals surface area contributed by atoms with Crippen LogP contribution in [0.15, 0.2) is 55.0 Å². The third-order valence-electron chi connectivity index (χ3n) is 4.81. The van der Waals surface area contributed by atoms with E-state index in [-0.39, 0.29) is 0 Å². The van der Waals surface area contributed by atoms with Crippen molar-refractivity contribution >= 4 is 10.9 Å². The predicted octanol–water partition coefficient (Wildman–Crippen LogP) is 5.00. The van der Waals surface area contributed by atoms with Crippen molar-refractivity contribution in [2.24, 2.45) is 0 Å². The van der Waals surface area contributed by atoms with Crippen LogP contribution in [-0.2, 0) is 13.0 Å². The van der Waals surface area contributed by atoms with Gasteiger partial charge in [0, 0.05) is 28.8 Å². The maximum Gasteiger partial charge on any atom is 0.257 e. The summed E-state index contributed by atoms with van der Waals surface area (Å²) in [5.74, 6) is 0.765. The van der Waals surface area contributed by atoms with E-state index < -0.39 is 13.0 Å². The summed E-state index contributed by atoms with van der Waals surface area (Å²) in [5.41, 5.74) is 4.55. The second kappa shape index (κ2) is 7.95. The smallest absolute Gasteiger partial charge is 0.257 e. The molecule has 0 radical (unpaired) electrons. The van der Waals surface area contributed by atoms with Crippen molar-refractivity contribution in [3.63, 3.8) is 0 Å². The van der Waals surface area contributed by atoms with E-state index in [1.165, 1.54) is 11.0 Å². The molecule has 0 atom stereocenters. The maximum atomic E-state index is 13.0. The Balaban J connectivity index is 1.96. The Kier molecular flexibility index (Phi) is 5.20. The van der Waals surface area contributed by atoms with Crippen molar-refractivity contribution in [1.29, 1.82) is 0 Å². The number of fused-ring (bicyclic) bond motifs is 1. The first kappa shape index (κ1) is 19.0. The molecule has 2 aromatic carbocycles. The van der Waals surface area contributed by atoms with Gasteiger partial charge >= 0.3 is 0 Å². The van der Waals surface area contributed by atoms with Crippen LogP contribution in [0, 0.1) is 0 Å². The number of hydrogen-bond acceptors (Lipinski definition) is 4. The summed E-state index contributed by atoms with van der Waals surface area (Å²) in [4.78, 5) is 8.86. The lowest BCUT2D eigenvalue weighted by atomic mass is 10.0. The number of ether oxygens (including phenoxy) is 1. The van der Waals surface area contributed by atoms with Crippen LogP contribution < -0.4 is 4.74 Å². The van der Waals surface area contributed by atoms with Gasteiger partial charge in [0.1, 0.15) is 24.3 Å². The Morgan fingerprint density at radius 1 is 1.07 bits per heavy atom. The molecular formula is C22H20F2N4O. The number of aryl methyl sites for hydroxylation is 1. The normalized spacial score (nSPS) is 11.3. The summed E-state index contributed by atoms with van der Waals surface area (Å²) in [6.45, 7) is 1.57. The highest BCUT2D eigenvalue weighted by Gasteiger charge is 2.19. The van der Waals surface area contributed by atoms with Crippen LogP contribution in [0.3, 0.4) is 0 Å². The number of rotatable bonds is 6. The molecule has 0 bridgehead atoms. The second-order valence-electron chi connectivity index (χ2n) is 6.63. The van der Waals surface area contributed by atoms with Gasteiger partial charge in [0.2, 0.25) is 0 Å². The number of hydrogen-bond donors (Lipinski definition) is 0. The second-order valence-corrected chi connectivity index (χ2v) is 6.63. The van der Waals surface area contributed by atoms with E-state index in [1.807, 2.05) is 49.4 Å². The standard InChI is InChI=1S/C22H20F2N4O/c1-3-14-9-16-18(10-19(14)29-2)25-13-26-22(16)17-11-28(12-20(23)24)27-21(17)15-7-5-4-6-8-15/h4-11,13,20H,3,12H2,1-2H3. The monoisotopic (exact) mass is 394 g/mol. The summed E-state index contributed by atoms with van der Waals surface area (Å²) in [6.07, 6.45) is 1.39. The molecule has 0 aliphatic rings. The Morgan fingerprint density at radius 3 is 2.55 bits per heavy atom. The Labute approximate surface area is 167 Å². The molecule has 0 fully saturated rings. The molecular weight excluding hydrogens is 374 g/mol. The van der Waals surface area contributed by atoms with Crippen LogP contribution in [0.5, 0.6) is 5.75 Å². The fraction of sp³-hybridized carbons (Fsp3) is 0.227. The molecule has 5 nitrogen and oxygen atoms in total. The van der Waals surface area contributed by atoms with Gasteiger partial charge in [-0.3, -0.25) is 4.68 Å². The van der Waals surface area contributed by atoms with Crippen LogP contribution in [0.4, 0.5) is 8.78 Å². The van der Waals surface area contributed by atoms with Gasteiger partial charge in [0.25, 0.3) is 6.43 Å². The van der Waals surface area contributed by atoms with Gasteiger partial charge in [-0.2, -0.15) is 5.10 Å². The fourth-order valence-electron chi connectivity index (χ4n) is 3.45. The van der Waals surface area contributed by atoms with Crippen molar-refractivity contribution in [2.45, 2.75) is 26.3 Å². The zero-order chi connectivity index (χ0) is 20.4. The van der Waals surface area contributed by atoms with Crippen LogP contribution in [-0.4, -0.2) is 33.3 Å². The maximum absolute atomic E-state index is 13.0.